The van der Waals surface area contributed by atoms with Gasteiger partial charge in [0.1, 0.15) is 11.5 Å². The van der Waals surface area contributed by atoms with E-state index in [1.54, 1.807) is 36.4 Å². The fraction of sp³-hybridized carbons (Fsp3) is 0.200. The molecule has 0 aromatic heterocycles. The van der Waals surface area contributed by atoms with Gasteiger partial charge in [-0.2, -0.15) is 0 Å². The van der Waals surface area contributed by atoms with Gasteiger partial charge < -0.3 is 9.47 Å². The molecule has 0 atom stereocenters. The molecule has 8 nitrogen and oxygen atoms in total. The number of thioether (sulfide) groups is 2. The zero-order chi connectivity index (χ0) is 36.7. The maximum atomic E-state index is 11.7. The van der Waals surface area contributed by atoms with Gasteiger partial charge in [-0.05, 0) is 109 Å². The first kappa shape index (κ1) is 38.7. The molecule has 2 heterocycles. The molecule has 0 aliphatic carbocycles. The molecule has 4 amide bonds. The van der Waals surface area contributed by atoms with E-state index >= 15 is 0 Å². The van der Waals surface area contributed by atoms with Crippen LogP contribution in [0.2, 0.25) is 10.0 Å². The second-order valence-corrected chi connectivity index (χ2v) is 14.4. The van der Waals surface area contributed by atoms with Gasteiger partial charge in [0.15, 0.2) is 0 Å². The van der Waals surface area contributed by atoms with Crippen LogP contribution in [0.5, 0.6) is 11.5 Å². The Hall–Kier alpha value is -4.48. The lowest BCUT2D eigenvalue weighted by atomic mass is 10.1. The Kier molecular flexibility index (Phi) is 14.9. The first-order chi connectivity index (χ1) is 25.3. The summed E-state index contributed by atoms with van der Waals surface area (Å²) in [6.07, 6.45) is 9.15. The van der Waals surface area contributed by atoms with Crippen LogP contribution < -0.4 is 20.1 Å². The van der Waals surface area contributed by atoms with Crippen LogP contribution in [0.4, 0.5) is 9.59 Å². The highest BCUT2D eigenvalue weighted by Crippen LogP contribution is 2.34. The van der Waals surface area contributed by atoms with Gasteiger partial charge in [-0.1, -0.05) is 108 Å². The molecule has 268 valence electrons. The van der Waals surface area contributed by atoms with Crippen LogP contribution in [0.1, 0.15) is 47.9 Å². The molecule has 4 aromatic rings. The lowest BCUT2D eigenvalue weighted by Crippen LogP contribution is -2.17. The van der Waals surface area contributed by atoms with Crippen LogP contribution in [0.15, 0.2) is 107 Å². The van der Waals surface area contributed by atoms with Gasteiger partial charge in [-0.25, -0.2) is 0 Å². The van der Waals surface area contributed by atoms with Gasteiger partial charge in [0, 0.05) is 0 Å². The number of hydrogen-bond acceptors (Lipinski definition) is 8. The topological polar surface area (TPSA) is 111 Å². The molecule has 0 saturated carbocycles. The summed E-state index contributed by atoms with van der Waals surface area (Å²) in [5, 5.41) is 4.59. The molecule has 2 fully saturated rings. The minimum atomic E-state index is -0.400. The summed E-state index contributed by atoms with van der Waals surface area (Å²) in [6, 6.07) is 31.5. The third-order valence-electron chi connectivity index (χ3n) is 7.76. The number of benzene rings is 4. The molecule has 4 aromatic carbocycles. The number of aryl methyl sites for hydroxylation is 2. The predicted molar refractivity (Wildman–Crippen MR) is 211 cm³/mol. The third-order valence-corrected chi connectivity index (χ3v) is 10.2. The molecule has 0 unspecified atom stereocenters. The fourth-order valence-corrected chi connectivity index (χ4v) is 6.96. The average Bonchev–Trinajstić information content (AvgIpc) is 3.64. The molecule has 2 aliphatic heterocycles. The number of imide groups is 2. The molecule has 0 spiro atoms. The number of halogens is 2. The summed E-state index contributed by atoms with van der Waals surface area (Å²) < 4.78 is 11.6. The zero-order valence-corrected chi connectivity index (χ0v) is 31.2. The average molecular weight is 776 g/mol. The van der Waals surface area contributed by atoms with E-state index in [1.807, 2.05) is 48.5 Å². The van der Waals surface area contributed by atoms with Gasteiger partial charge in [0.05, 0.1) is 33.1 Å². The van der Waals surface area contributed by atoms with E-state index in [0.29, 0.717) is 55.7 Å². The molecule has 2 aliphatic rings. The molecular weight excluding hydrogens is 739 g/mol. The van der Waals surface area contributed by atoms with Crippen molar-refractivity contribution in [3.8, 4) is 11.5 Å². The van der Waals surface area contributed by atoms with Crippen LogP contribution in [0.3, 0.4) is 0 Å². The van der Waals surface area contributed by atoms with E-state index in [4.69, 9.17) is 32.7 Å². The molecule has 0 bridgehead atoms. The normalized spacial score (nSPS) is 15.3. The fourth-order valence-electron chi connectivity index (χ4n) is 5.14. The van der Waals surface area contributed by atoms with Gasteiger partial charge >= 0.3 is 0 Å². The number of hydrogen-bond donors (Lipinski definition) is 2. The lowest BCUT2D eigenvalue weighted by molar-refractivity contribution is -0.116. The summed E-state index contributed by atoms with van der Waals surface area (Å²) in [7, 11) is 0. The van der Waals surface area contributed by atoms with E-state index in [1.165, 1.54) is 11.1 Å². The molecule has 52 heavy (non-hydrogen) atoms. The summed E-state index contributed by atoms with van der Waals surface area (Å²) in [4.78, 5) is 46.5. The highest BCUT2D eigenvalue weighted by atomic mass is 35.5. The minimum absolute atomic E-state index is 0.330. The molecule has 2 N–H and O–H groups in total. The van der Waals surface area contributed by atoms with E-state index < -0.39 is 11.8 Å². The SMILES string of the molecule is O=C1NC(=O)C(=Cc2cccc(OCCCCc3ccccc3)c2Cl)S1.O=C1NC(=O)C(=Cc2cccc(OCCCCc3ccccc3)c2Cl)S1. The van der Waals surface area contributed by atoms with Crippen LogP contribution in [-0.2, 0) is 22.4 Å². The Bertz CT molecular complexity index is 1810. The van der Waals surface area contributed by atoms with Crippen molar-refractivity contribution < 1.29 is 28.7 Å². The van der Waals surface area contributed by atoms with Gasteiger partial charge in [-0.3, -0.25) is 29.8 Å². The quantitative estimate of drug-likeness (QED) is 0.0962. The number of unbranched alkanes of at least 4 members (excludes halogenated alkanes) is 2. The lowest BCUT2D eigenvalue weighted by Gasteiger charge is -2.10. The minimum Gasteiger partial charge on any atom is -0.492 e. The maximum Gasteiger partial charge on any atom is 0.290 e. The van der Waals surface area contributed by atoms with Gasteiger partial charge in [0.25, 0.3) is 22.3 Å². The van der Waals surface area contributed by atoms with E-state index in [9.17, 15) is 19.2 Å². The van der Waals surface area contributed by atoms with Gasteiger partial charge in [0.2, 0.25) is 0 Å². The highest BCUT2D eigenvalue weighted by molar-refractivity contribution is 8.18. The molecule has 6 rings (SSSR count). The number of carbonyl (C=O) groups excluding carboxylic acids is 4. The van der Waals surface area contributed by atoms with Crippen molar-refractivity contribution in [3.63, 3.8) is 0 Å². The molecule has 0 radical (unpaired) electrons. The van der Waals surface area contributed by atoms with Crippen molar-refractivity contribution in [2.45, 2.75) is 38.5 Å². The number of ether oxygens (including phenoxy) is 2. The number of nitrogens with one attached hydrogen (secondary N) is 2. The number of carbonyl (C=O) groups is 4. The predicted octanol–water partition coefficient (Wildman–Crippen LogP) is 10.1. The van der Waals surface area contributed by atoms with Crippen LogP contribution in [0.25, 0.3) is 12.2 Å². The number of amides is 4. The highest BCUT2D eigenvalue weighted by Gasteiger charge is 2.26. The summed E-state index contributed by atoms with van der Waals surface area (Å²) in [6.45, 7) is 1.14. The molecule has 2 saturated heterocycles. The standard InChI is InChI=1S/2C20H18ClNO3S/c2*21-18-15(13-17-19(23)22-20(24)26-17)10-6-11-16(18)25-12-5-4-9-14-7-2-1-3-8-14/h2*1-3,6-8,10-11,13H,4-5,9,12H2,(H,22,23,24). The summed E-state index contributed by atoms with van der Waals surface area (Å²) in [5.74, 6) is 0.359. The number of rotatable bonds is 14. The monoisotopic (exact) mass is 774 g/mol. The van der Waals surface area contributed by atoms with E-state index in [0.717, 1.165) is 62.0 Å². The van der Waals surface area contributed by atoms with E-state index in [2.05, 4.69) is 34.9 Å². The smallest absolute Gasteiger partial charge is 0.290 e. The second kappa shape index (κ2) is 19.9. The Balaban J connectivity index is 0.000000201. The van der Waals surface area contributed by atoms with Crippen LogP contribution in [-0.4, -0.2) is 35.5 Å². The Morgan fingerprint density at radius 1 is 0.519 bits per heavy atom. The van der Waals surface area contributed by atoms with Crippen LogP contribution in [0, 0.1) is 0 Å². The van der Waals surface area contributed by atoms with Crippen molar-refractivity contribution in [1.82, 2.24) is 10.6 Å². The van der Waals surface area contributed by atoms with Gasteiger partial charge in [-0.15, -0.1) is 0 Å². The van der Waals surface area contributed by atoms with Crippen molar-refractivity contribution in [2.24, 2.45) is 0 Å². The summed E-state index contributed by atoms with van der Waals surface area (Å²) in [5.41, 5.74) is 3.95. The van der Waals surface area contributed by atoms with Crippen molar-refractivity contribution >= 4 is 81.2 Å². The Labute approximate surface area is 321 Å². The zero-order valence-electron chi connectivity index (χ0n) is 28.1. The van der Waals surface area contributed by atoms with Crippen molar-refractivity contribution in [1.29, 1.82) is 0 Å². The Morgan fingerprint density at radius 3 is 1.29 bits per heavy atom. The first-order valence-corrected chi connectivity index (χ1v) is 19.1. The molecule has 12 heteroatoms. The van der Waals surface area contributed by atoms with Crippen molar-refractivity contribution in [3.05, 3.63) is 139 Å². The van der Waals surface area contributed by atoms with Crippen LogP contribution >= 0.6 is 46.7 Å². The van der Waals surface area contributed by atoms with Crippen molar-refractivity contribution in [2.75, 3.05) is 13.2 Å². The molecular formula is C40H36Cl2N2O6S2. The largest absolute Gasteiger partial charge is 0.492 e. The first-order valence-electron chi connectivity index (χ1n) is 16.7. The summed E-state index contributed by atoms with van der Waals surface area (Å²) >= 11 is 14.5. The second-order valence-electron chi connectivity index (χ2n) is 11.6. The Morgan fingerprint density at radius 2 is 0.923 bits per heavy atom. The third kappa shape index (κ3) is 11.8. The maximum absolute atomic E-state index is 11.7. The van der Waals surface area contributed by atoms with E-state index in [-0.39, 0.29) is 10.5 Å².